The van der Waals surface area contributed by atoms with Crippen LogP contribution in [0, 0.1) is 4.91 Å². The fourth-order valence-electron chi connectivity index (χ4n) is 2.77. The summed E-state index contributed by atoms with van der Waals surface area (Å²) in [5.74, 6) is 0.830. The summed E-state index contributed by atoms with van der Waals surface area (Å²) in [4.78, 5) is 11.0. The summed E-state index contributed by atoms with van der Waals surface area (Å²) in [6.07, 6.45) is 5.29. The molecule has 1 atom stereocenters. The van der Waals surface area contributed by atoms with Crippen LogP contribution in [0.4, 0.5) is 0 Å². The van der Waals surface area contributed by atoms with Crippen LogP contribution in [0.1, 0.15) is 44.6 Å². The minimum Gasteiger partial charge on any atom is -0.497 e. The summed E-state index contributed by atoms with van der Waals surface area (Å²) in [5.41, 5.74) is 3.63. The normalized spacial score (nSPS) is 18.7. The maximum absolute atomic E-state index is 11.0. The number of ether oxygens (including phenoxy) is 1. The van der Waals surface area contributed by atoms with Gasteiger partial charge in [0.2, 0.25) is 0 Å². The highest BCUT2D eigenvalue weighted by Gasteiger charge is 2.27. The van der Waals surface area contributed by atoms with E-state index in [0.717, 1.165) is 36.1 Å². The Morgan fingerprint density at radius 2 is 2.26 bits per heavy atom. The minimum absolute atomic E-state index is 0.182. The van der Waals surface area contributed by atoms with Crippen molar-refractivity contribution >= 4 is 5.57 Å². The predicted octanol–water partition coefficient (Wildman–Crippen LogP) is 4.57. The second-order valence-corrected chi connectivity index (χ2v) is 5.01. The average molecular weight is 259 g/mol. The van der Waals surface area contributed by atoms with E-state index in [1.165, 1.54) is 18.4 Å². The maximum Gasteiger partial charge on any atom is 0.119 e. The zero-order valence-corrected chi connectivity index (χ0v) is 11.7. The van der Waals surface area contributed by atoms with Crippen molar-refractivity contribution in [1.29, 1.82) is 0 Å². The van der Waals surface area contributed by atoms with Crippen LogP contribution < -0.4 is 4.74 Å². The van der Waals surface area contributed by atoms with E-state index >= 15 is 0 Å². The molecule has 1 aromatic rings. The number of nitrogens with zero attached hydrogens (tertiary/aromatic N) is 1. The van der Waals surface area contributed by atoms with E-state index in [1.54, 1.807) is 7.11 Å². The molecule has 0 aliphatic heterocycles. The van der Waals surface area contributed by atoms with Crippen LogP contribution in [-0.2, 0) is 0 Å². The fourth-order valence-corrected chi connectivity index (χ4v) is 2.77. The summed E-state index contributed by atoms with van der Waals surface area (Å²) in [5, 5.41) is 3.31. The van der Waals surface area contributed by atoms with Crippen LogP contribution >= 0.6 is 0 Å². The molecule has 0 radical (unpaired) electrons. The maximum atomic E-state index is 11.0. The number of hydrogen-bond donors (Lipinski definition) is 0. The summed E-state index contributed by atoms with van der Waals surface area (Å²) in [7, 11) is 1.66. The third kappa shape index (κ3) is 3.03. The van der Waals surface area contributed by atoms with E-state index in [-0.39, 0.29) is 6.04 Å². The predicted molar refractivity (Wildman–Crippen MR) is 78.3 cm³/mol. The standard InChI is InChI=1S/C16H21NO2/c1-3-4-6-12-9-10-15(17-18)16(12)13-7-5-8-14(11-13)19-2/h5,7-8,11,15H,3-4,6,9-10H2,1-2H3. The van der Waals surface area contributed by atoms with Gasteiger partial charge in [-0.2, -0.15) is 4.91 Å². The minimum atomic E-state index is -0.182. The Kier molecular flexibility index (Phi) is 4.72. The number of allylic oxidation sites excluding steroid dienone is 1. The van der Waals surface area contributed by atoms with Gasteiger partial charge in [0.05, 0.1) is 7.11 Å². The summed E-state index contributed by atoms with van der Waals surface area (Å²) >= 11 is 0. The van der Waals surface area contributed by atoms with Gasteiger partial charge >= 0.3 is 0 Å². The van der Waals surface area contributed by atoms with Crippen LogP contribution in [-0.4, -0.2) is 13.2 Å². The molecule has 1 aromatic carbocycles. The van der Waals surface area contributed by atoms with Gasteiger partial charge in [-0.1, -0.05) is 36.2 Å². The van der Waals surface area contributed by atoms with Gasteiger partial charge in [-0.25, -0.2) is 0 Å². The van der Waals surface area contributed by atoms with Gasteiger partial charge < -0.3 is 4.74 Å². The highest BCUT2D eigenvalue weighted by Crippen LogP contribution is 2.39. The Morgan fingerprint density at radius 1 is 1.42 bits per heavy atom. The molecule has 3 nitrogen and oxygen atoms in total. The van der Waals surface area contributed by atoms with Gasteiger partial charge in [-0.3, -0.25) is 0 Å². The first-order chi connectivity index (χ1) is 9.30. The van der Waals surface area contributed by atoms with Crippen molar-refractivity contribution in [2.45, 2.75) is 45.1 Å². The Morgan fingerprint density at radius 3 is 2.95 bits per heavy atom. The fraction of sp³-hybridized carbons (Fsp3) is 0.500. The van der Waals surface area contributed by atoms with Crippen molar-refractivity contribution < 1.29 is 4.74 Å². The molecule has 0 saturated carbocycles. The van der Waals surface area contributed by atoms with Gasteiger partial charge in [0, 0.05) is 0 Å². The van der Waals surface area contributed by atoms with Gasteiger partial charge in [-0.15, -0.1) is 0 Å². The van der Waals surface area contributed by atoms with E-state index < -0.39 is 0 Å². The molecule has 3 heteroatoms. The van der Waals surface area contributed by atoms with Crippen molar-refractivity contribution in [2.75, 3.05) is 7.11 Å². The second-order valence-electron chi connectivity index (χ2n) is 5.01. The molecule has 1 aliphatic rings. The molecule has 0 aromatic heterocycles. The first-order valence-electron chi connectivity index (χ1n) is 6.99. The van der Waals surface area contributed by atoms with Crippen LogP contribution in [0.3, 0.4) is 0 Å². The lowest BCUT2D eigenvalue weighted by Gasteiger charge is -2.11. The molecular weight excluding hydrogens is 238 g/mol. The largest absolute Gasteiger partial charge is 0.497 e. The molecule has 0 spiro atoms. The SMILES string of the molecule is CCCCC1=C(c2cccc(OC)c2)C(N=O)CC1. The van der Waals surface area contributed by atoms with Crippen molar-refractivity contribution in [3.05, 3.63) is 40.3 Å². The molecule has 0 bridgehead atoms. The molecular formula is C16H21NO2. The highest BCUT2D eigenvalue weighted by molar-refractivity contribution is 5.75. The third-order valence-electron chi connectivity index (χ3n) is 3.77. The van der Waals surface area contributed by atoms with Crippen LogP contribution in [0.15, 0.2) is 35.0 Å². The van der Waals surface area contributed by atoms with E-state index in [9.17, 15) is 4.91 Å². The zero-order chi connectivity index (χ0) is 13.7. The molecule has 102 valence electrons. The molecule has 0 amide bonds. The van der Waals surface area contributed by atoms with Gasteiger partial charge in [-0.05, 0) is 49.0 Å². The quantitative estimate of drug-likeness (QED) is 0.702. The Labute approximate surface area is 114 Å². The monoisotopic (exact) mass is 259 g/mol. The van der Waals surface area contributed by atoms with Crippen molar-refractivity contribution in [3.8, 4) is 5.75 Å². The summed E-state index contributed by atoms with van der Waals surface area (Å²) in [6.45, 7) is 2.19. The first kappa shape index (κ1) is 13.8. The first-order valence-corrected chi connectivity index (χ1v) is 6.99. The summed E-state index contributed by atoms with van der Waals surface area (Å²) in [6, 6.07) is 7.77. The molecule has 0 fully saturated rings. The number of rotatable bonds is 6. The molecule has 0 saturated heterocycles. The summed E-state index contributed by atoms with van der Waals surface area (Å²) < 4.78 is 5.27. The van der Waals surface area contributed by atoms with E-state index in [0.29, 0.717) is 0 Å². The zero-order valence-electron chi connectivity index (χ0n) is 11.7. The number of hydrogen-bond acceptors (Lipinski definition) is 3. The Balaban J connectivity index is 2.36. The molecule has 0 N–H and O–H groups in total. The molecule has 19 heavy (non-hydrogen) atoms. The van der Waals surface area contributed by atoms with Crippen LogP contribution in [0.5, 0.6) is 5.75 Å². The van der Waals surface area contributed by atoms with E-state index in [4.69, 9.17) is 4.74 Å². The number of unbranched alkanes of at least 4 members (excludes halogenated alkanes) is 1. The van der Waals surface area contributed by atoms with E-state index in [1.807, 2.05) is 24.3 Å². The van der Waals surface area contributed by atoms with Gasteiger partial charge in [0.15, 0.2) is 0 Å². The van der Waals surface area contributed by atoms with Crippen molar-refractivity contribution in [3.63, 3.8) is 0 Å². The second kappa shape index (κ2) is 6.50. The third-order valence-corrected chi connectivity index (χ3v) is 3.77. The van der Waals surface area contributed by atoms with Crippen molar-refractivity contribution in [1.82, 2.24) is 0 Å². The smallest absolute Gasteiger partial charge is 0.119 e. The Bertz CT molecular complexity index is 479. The van der Waals surface area contributed by atoms with Crippen LogP contribution in [0.2, 0.25) is 0 Å². The molecule has 1 unspecified atom stereocenters. The number of nitroso groups, excluding NO2 is 1. The highest BCUT2D eigenvalue weighted by atomic mass is 16.5. The molecule has 0 heterocycles. The van der Waals surface area contributed by atoms with Gasteiger partial charge in [0.1, 0.15) is 11.8 Å². The molecule has 1 aliphatic carbocycles. The van der Waals surface area contributed by atoms with Crippen molar-refractivity contribution in [2.24, 2.45) is 5.18 Å². The molecule has 2 rings (SSSR count). The lowest BCUT2D eigenvalue weighted by Crippen LogP contribution is -2.02. The lowest BCUT2D eigenvalue weighted by atomic mass is 9.97. The number of benzene rings is 1. The topological polar surface area (TPSA) is 38.7 Å². The average Bonchev–Trinajstić information content (AvgIpc) is 2.88. The lowest BCUT2D eigenvalue weighted by molar-refractivity contribution is 0.414. The number of methoxy groups -OCH3 is 1. The van der Waals surface area contributed by atoms with Crippen LogP contribution in [0.25, 0.3) is 5.57 Å². The van der Waals surface area contributed by atoms with Gasteiger partial charge in [0.25, 0.3) is 0 Å². The Hall–Kier alpha value is -1.64. The van der Waals surface area contributed by atoms with E-state index in [2.05, 4.69) is 12.1 Å².